The van der Waals surface area contributed by atoms with Crippen molar-refractivity contribution in [3.63, 3.8) is 0 Å². The lowest BCUT2D eigenvalue weighted by Gasteiger charge is -2.52. The topological polar surface area (TPSA) is 142 Å². The number of nitrogens with zero attached hydrogens (tertiary/aromatic N) is 3. The average Bonchev–Trinajstić information content (AvgIpc) is 2.71. The Morgan fingerprint density at radius 3 is 2.69 bits per heavy atom. The summed E-state index contributed by atoms with van der Waals surface area (Å²) in [6.45, 7) is 2.37. The van der Waals surface area contributed by atoms with Crippen LogP contribution in [0.5, 0.6) is 0 Å². The van der Waals surface area contributed by atoms with Gasteiger partial charge in [-0.3, -0.25) is 19.7 Å². The van der Waals surface area contributed by atoms with Gasteiger partial charge in [0.15, 0.2) is 5.41 Å². The summed E-state index contributed by atoms with van der Waals surface area (Å²) < 4.78 is 5.03. The second-order valence-electron chi connectivity index (χ2n) is 6.96. The first-order valence-corrected chi connectivity index (χ1v) is 9.17. The number of anilines is 1. The molecule has 0 unspecified atom stereocenters. The van der Waals surface area contributed by atoms with E-state index < -0.39 is 34.3 Å². The predicted octanol–water partition coefficient (Wildman–Crippen LogP) is 0.615. The number of carboxylic acid groups (broad SMARTS) is 1. The molecule has 1 fully saturated rings. The Labute approximate surface area is 166 Å². The first-order chi connectivity index (χ1) is 13.8. The van der Waals surface area contributed by atoms with Crippen molar-refractivity contribution in [1.82, 2.24) is 10.2 Å². The minimum Gasteiger partial charge on any atom is -0.480 e. The number of hydrogen-bond donors (Lipinski definition) is 2. The van der Waals surface area contributed by atoms with Gasteiger partial charge in [0.1, 0.15) is 0 Å². The lowest BCUT2D eigenvalue weighted by molar-refractivity contribution is -0.384. The van der Waals surface area contributed by atoms with Crippen LogP contribution in [0.4, 0.5) is 16.2 Å². The van der Waals surface area contributed by atoms with Crippen molar-refractivity contribution in [2.75, 3.05) is 38.2 Å². The largest absolute Gasteiger partial charge is 0.480 e. The highest BCUT2D eigenvalue weighted by Crippen LogP contribution is 2.44. The second-order valence-corrected chi connectivity index (χ2v) is 6.96. The fourth-order valence-corrected chi connectivity index (χ4v) is 4.17. The van der Waals surface area contributed by atoms with Crippen LogP contribution in [0.3, 0.4) is 0 Å². The van der Waals surface area contributed by atoms with Crippen molar-refractivity contribution >= 4 is 29.3 Å². The summed E-state index contributed by atoms with van der Waals surface area (Å²) in [7, 11) is 1.34. The third kappa shape index (κ3) is 3.22. The first kappa shape index (κ1) is 20.4. The third-order valence-corrected chi connectivity index (χ3v) is 5.54. The molecule has 1 aromatic carbocycles. The molecular weight excluding hydrogens is 384 g/mol. The summed E-state index contributed by atoms with van der Waals surface area (Å²) in [4.78, 5) is 51.2. The van der Waals surface area contributed by atoms with Crippen molar-refractivity contribution in [3.8, 4) is 0 Å². The fourth-order valence-electron chi connectivity index (χ4n) is 4.17. The number of carbonyl (C=O) groups excluding carboxylic acids is 2. The highest BCUT2D eigenvalue weighted by Gasteiger charge is 2.59. The summed E-state index contributed by atoms with van der Waals surface area (Å²) in [6, 6.07) is 3.37. The summed E-state index contributed by atoms with van der Waals surface area (Å²) in [5.74, 6) is -2.07. The van der Waals surface area contributed by atoms with Gasteiger partial charge in [0.05, 0.1) is 17.6 Å². The summed E-state index contributed by atoms with van der Waals surface area (Å²) in [5.41, 5.74) is -1.05. The van der Waals surface area contributed by atoms with E-state index in [1.54, 1.807) is 17.9 Å². The number of nitro groups is 1. The number of ether oxygens (including phenoxy) is 1. The Kier molecular flexibility index (Phi) is 5.31. The third-order valence-electron chi connectivity index (χ3n) is 5.54. The molecule has 2 aliphatic rings. The van der Waals surface area contributed by atoms with E-state index in [0.29, 0.717) is 11.3 Å². The minimum absolute atomic E-state index is 0.0189. The van der Waals surface area contributed by atoms with Crippen LogP contribution in [-0.2, 0) is 20.7 Å². The van der Waals surface area contributed by atoms with Crippen molar-refractivity contribution in [1.29, 1.82) is 0 Å². The smallest absolute Gasteiger partial charge is 0.409 e. The highest BCUT2D eigenvalue weighted by atomic mass is 16.6. The van der Waals surface area contributed by atoms with Gasteiger partial charge in [0, 0.05) is 50.9 Å². The molecule has 0 bridgehead atoms. The van der Waals surface area contributed by atoms with E-state index in [4.69, 9.17) is 4.74 Å². The Morgan fingerprint density at radius 2 is 2.10 bits per heavy atom. The number of nitro benzene ring substituents is 1. The fraction of sp³-hybridized carbons (Fsp3) is 0.500. The van der Waals surface area contributed by atoms with Gasteiger partial charge in [-0.15, -0.1) is 0 Å². The number of non-ortho nitro benzene ring substituents is 1. The molecule has 1 aromatic rings. The zero-order valence-electron chi connectivity index (χ0n) is 16.1. The molecule has 2 atom stereocenters. The number of piperazine rings is 1. The van der Waals surface area contributed by atoms with Gasteiger partial charge in [0.2, 0.25) is 5.91 Å². The maximum atomic E-state index is 12.8. The Bertz CT molecular complexity index is 874. The number of hydrogen-bond acceptors (Lipinski definition) is 7. The van der Waals surface area contributed by atoms with Gasteiger partial charge in [0.25, 0.3) is 5.69 Å². The molecule has 0 spiro atoms. The molecule has 29 heavy (non-hydrogen) atoms. The zero-order valence-corrected chi connectivity index (χ0v) is 16.1. The van der Waals surface area contributed by atoms with Crippen LogP contribution in [-0.4, -0.2) is 72.2 Å². The quantitative estimate of drug-likeness (QED) is 0.421. The molecule has 0 saturated carbocycles. The molecule has 11 heteroatoms. The number of benzene rings is 1. The van der Waals surface area contributed by atoms with E-state index in [2.05, 4.69) is 5.32 Å². The lowest BCUT2D eigenvalue weighted by atomic mass is 9.69. The Morgan fingerprint density at radius 1 is 1.38 bits per heavy atom. The van der Waals surface area contributed by atoms with Crippen LogP contribution >= 0.6 is 0 Å². The molecular formula is C18H22N4O7. The standard InChI is InChI=1S/C18H22N4O7/c1-3-29-17(26)20-6-7-21-13-5-4-12(22(27)28)8-11(13)9-18(16(24)25,14(21)10-20)15(23)19-2/h4-5,8,14H,3,6-7,9-10H2,1-2H3,(H,19,23)(H,24,25)/t14-,18-/m0/s1. The van der Waals surface area contributed by atoms with E-state index in [1.165, 1.54) is 24.1 Å². The van der Waals surface area contributed by atoms with E-state index in [0.717, 1.165) is 0 Å². The number of rotatable bonds is 4. The number of nitrogens with one attached hydrogen (secondary N) is 1. The van der Waals surface area contributed by atoms with Gasteiger partial charge in [-0.2, -0.15) is 0 Å². The highest BCUT2D eigenvalue weighted by molar-refractivity contribution is 6.04. The van der Waals surface area contributed by atoms with Gasteiger partial charge in [-0.05, 0) is 18.6 Å². The molecule has 2 heterocycles. The van der Waals surface area contributed by atoms with Crippen molar-refractivity contribution in [2.24, 2.45) is 5.41 Å². The van der Waals surface area contributed by atoms with Crippen LogP contribution in [0, 0.1) is 15.5 Å². The lowest BCUT2D eigenvalue weighted by Crippen LogP contribution is -2.69. The molecule has 156 valence electrons. The van der Waals surface area contributed by atoms with Crippen LogP contribution in [0.1, 0.15) is 12.5 Å². The Hall–Kier alpha value is -3.37. The van der Waals surface area contributed by atoms with Crippen molar-refractivity contribution in [3.05, 3.63) is 33.9 Å². The van der Waals surface area contributed by atoms with Crippen LogP contribution in [0.25, 0.3) is 0 Å². The van der Waals surface area contributed by atoms with Crippen molar-refractivity contribution in [2.45, 2.75) is 19.4 Å². The number of aliphatic carboxylic acids is 1. The molecule has 0 radical (unpaired) electrons. The maximum Gasteiger partial charge on any atom is 0.409 e. The summed E-state index contributed by atoms with van der Waals surface area (Å²) in [6.07, 6.45) is -0.797. The molecule has 11 nitrogen and oxygen atoms in total. The molecule has 2 amide bonds. The molecule has 2 N–H and O–H groups in total. The first-order valence-electron chi connectivity index (χ1n) is 9.17. The normalized spacial score (nSPS) is 22.9. The SMILES string of the molecule is CCOC(=O)N1CCN2c3ccc([N+](=O)[O-])cc3C[C@@](C(=O)O)(C(=O)NC)[C@@H]2C1. The molecule has 0 aliphatic carbocycles. The van der Waals surface area contributed by atoms with Crippen LogP contribution in [0.15, 0.2) is 18.2 Å². The van der Waals surface area contributed by atoms with Gasteiger partial charge in [-0.25, -0.2) is 4.79 Å². The number of amides is 2. The van der Waals surface area contributed by atoms with Crippen LogP contribution in [0.2, 0.25) is 0 Å². The van der Waals surface area contributed by atoms with E-state index in [1.807, 2.05) is 0 Å². The molecule has 1 saturated heterocycles. The van der Waals surface area contributed by atoms with E-state index in [9.17, 15) is 29.6 Å². The number of fused-ring (bicyclic) bond motifs is 3. The average molecular weight is 406 g/mol. The molecule has 2 aliphatic heterocycles. The minimum atomic E-state index is -1.91. The predicted molar refractivity (Wildman–Crippen MR) is 101 cm³/mol. The Balaban J connectivity index is 2.12. The molecule has 0 aromatic heterocycles. The van der Waals surface area contributed by atoms with Crippen molar-refractivity contribution < 1.29 is 29.2 Å². The number of carboxylic acids is 1. The zero-order chi connectivity index (χ0) is 21.3. The van der Waals surface area contributed by atoms with Gasteiger partial charge in [-0.1, -0.05) is 0 Å². The summed E-state index contributed by atoms with van der Waals surface area (Å²) in [5, 5.41) is 23.7. The second kappa shape index (κ2) is 7.57. The van der Waals surface area contributed by atoms with Gasteiger partial charge >= 0.3 is 12.1 Å². The molecule has 3 rings (SSSR count). The summed E-state index contributed by atoms with van der Waals surface area (Å²) >= 11 is 0. The van der Waals surface area contributed by atoms with Gasteiger partial charge < -0.3 is 25.0 Å². The number of carbonyl (C=O) groups is 3. The van der Waals surface area contributed by atoms with E-state index >= 15 is 0 Å². The maximum absolute atomic E-state index is 12.8. The van der Waals surface area contributed by atoms with E-state index in [-0.39, 0.29) is 38.3 Å². The monoisotopic (exact) mass is 406 g/mol. The van der Waals surface area contributed by atoms with Crippen LogP contribution < -0.4 is 10.2 Å².